The largest absolute Gasteiger partial charge is 0.449 e. The first kappa shape index (κ1) is 15.7. The Morgan fingerprint density at radius 1 is 1.20 bits per heavy atom. The highest BCUT2D eigenvalue weighted by molar-refractivity contribution is 5.95. The summed E-state index contributed by atoms with van der Waals surface area (Å²) in [4.78, 5) is 23.2. The van der Waals surface area contributed by atoms with E-state index in [4.69, 9.17) is 4.74 Å². The summed E-state index contributed by atoms with van der Waals surface area (Å²) in [7, 11) is 0. The van der Waals surface area contributed by atoms with Gasteiger partial charge in [-0.3, -0.25) is 4.79 Å². The molecular weight excluding hydrogens is 254 g/mol. The topological polar surface area (TPSA) is 55.4 Å². The third-order valence-electron chi connectivity index (χ3n) is 2.52. The van der Waals surface area contributed by atoms with E-state index in [2.05, 4.69) is 5.32 Å². The number of hydrogen-bond donors (Lipinski definition) is 1. The van der Waals surface area contributed by atoms with Crippen LogP contribution >= 0.6 is 0 Å². The van der Waals surface area contributed by atoms with E-state index in [-0.39, 0.29) is 5.91 Å². The van der Waals surface area contributed by atoms with E-state index >= 15 is 0 Å². The fraction of sp³-hybridized carbons (Fsp3) is 0.250. The van der Waals surface area contributed by atoms with Gasteiger partial charge in [0.1, 0.15) is 0 Å². The Kier molecular flexibility index (Phi) is 6.23. The summed E-state index contributed by atoms with van der Waals surface area (Å²) in [5.74, 6) is -0.906. The minimum Gasteiger partial charge on any atom is -0.449 e. The smallest absolute Gasteiger partial charge is 0.331 e. The Balaban J connectivity index is 2.50. The normalized spacial score (nSPS) is 12.6. The minimum atomic E-state index is -0.848. The quantitative estimate of drug-likeness (QED) is 0.510. The number of ether oxygens (including phenoxy) is 1. The number of benzene rings is 1. The number of rotatable bonds is 5. The van der Waals surface area contributed by atoms with Gasteiger partial charge in [0, 0.05) is 11.8 Å². The molecule has 0 heterocycles. The van der Waals surface area contributed by atoms with Gasteiger partial charge < -0.3 is 10.1 Å². The van der Waals surface area contributed by atoms with Gasteiger partial charge in [-0.1, -0.05) is 35.9 Å². The number of carbonyl (C=O) groups is 2. The van der Waals surface area contributed by atoms with E-state index in [1.807, 2.05) is 26.0 Å². The average Bonchev–Trinajstić information content (AvgIpc) is 2.41. The standard InChI is InChI=1S/C16H19NO3/c1-4-5-6-7-15(18)20-13(3)16(19)17-14-10-8-12(2)9-11-14/h4-11,13H,1-3H3,(H,17,19)/b5-4+,7-6+/t13-/m0/s1. The van der Waals surface area contributed by atoms with Crippen molar-refractivity contribution in [3.63, 3.8) is 0 Å². The molecule has 0 saturated carbocycles. The molecule has 0 aliphatic heterocycles. The van der Waals surface area contributed by atoms with Gasteiger partial charge in [0.2, 0.25) is 0 Å². The Hall–Kier alpha value is -2.36. The Morgan fingerprint density at radius 3 is 2.45 bits per heavy atom. The third kappa shape index (κ3) is 5.52. The maximum absolute atomic E-state index is 11.8. The predicted octanol–water partition coefficient (Wildman–Crippen LogP) is 3.00. The lowest BCUT2D eigenvalue weighted by Crippen LogP contribution is -2.29. The highest BCUT2D eigenvalue weighted by Gasteiger charge is 2.16. The summed E-state index contributed by atoms with van der Waals surface area (Å²) < 4.78 is 4.98. The van der Waals surface area contributed by atoms with Crippen LogP contribution in [0.4, 0.5) is 5.69 Å². The van der Waals surface area contributed by atoms with E-state index in [0.717, 1.165) is 5.56 Å². The fourth-order valence-electron chi connectivity index (χ4n) is 1.39. The minimum absolute atomic E-state index is 0.360. The zero-order valence-corrected chi connectivity index (χ0v) is 11.9. The molecule has 0 bridgehead atoms. The Labute approximate surface area is 119 Å². The second-order valence-corrected chi connectivity index (χ2v) is 4.32. The number of esters is 1. The van der Waals surface area contributed by atoms with Crippen molar-refractivity contribution in [3.8, 4) is 0 Å². The van der Waals surface area contributed by atoms with Crippen LogP contribution in [0.5, 0.6) is 0 Å². The van der Waals surface area contributed by atoms with Crippen LogP contribution in [0.2, 0.25) is 0 Å². The number of anilines is 1. The lowest BCUT2D eigenvalue weighted by atomic mass is 10.2. The van der Waals surface area contributed by atoms with Crippen LogP contribution in [0.25, 0.3) is 0 Å². The van der Waals surface area contributed by atoms with E-state index in [1.54, 1.807) is 30.4 Å². The van der Waals surface area contributed by atoms with Crippen molar-refractivity contribution < 1.29 is 14.3 Å². The lowest BCUT2D eigenvalue weighted by Gasteiger charge is -2.12. The van der Waals surface area contributed by atoms with Crippen molar-refractivity contribution in [3.05, 3.63) is 54.1 Å². The lowest BCUT2D eigenvalue weighted by molar-refractivity contribution is -0.148. The molecule has 20 heavy (non-hydrogen) atoms. The molecule has 0 saturated heterocycles. The second kappa shape index (κ2) is 7.94. The first-order chi connectivity index (χ1) is 9.52. The van der Waals surface area contributed by atoms with Gasteiger partial charge in [-0.05, 0) is 32.9 Å². The van der Waals surface area contributed by atoms with E-state index in [9.17, 15) is 9.59 Å². The number of nitrogens with one attached hydrogen (secondary N) is 1. The Bertz CT molecular complexity index is 515. The second-order valence-electron chi connectivity index (χ2n) is 4.32. The van der Waals surface area contributed by atoms with Crippen molar-refractivity contribution in [2.45, 2.75) is 26.9 Å². The van der Waals surface area contributed by atoms with E-state index < -0.39 is 12.1 Å². The van der Waals surface area contributed by atoms with Crippen molar-refractivity contribution in [2.24, 2.45) is 0 Å². The van der Waals surface area contributed by atoms with Gasteiger partial charge in [-0.15, -0.1) is 0 Å². The molecule has 1 N–H and O–H groups in total. The molecule has 1 aromatic carbocycles. The van der Waals surface area contributed by atoms with Crippen LogP contribution in [-0.2, 0) is 14.3 Å². The van der Waals surface area contributed by atoms with Crippen LogP contribution in [0.3, 0.4) is 0 Å². The molecule has 1 atom stereocenters. The summed E-state index contributed by atoms with van der Waals surface area (Å²) >= 11 is 0. The zero-order valence-electron chi connectivity index (χ0n) is 11.9. The van der Waals surface area contributed by atoms with Crippen LogP contribution in [0.1, 0.15) is 19.4 Å². The number of amides is 1. The van der Waals surface area contributed by atoms with Gasteiger partial charge in [-0.25, -0.2) is 4.79 Å². The molecule has 4 nitrogen and oxygen atoms in total. The van der Waals surface area contributed by atoms with Gasteiger partial charge in [-0.2, -0.15) is 0 Å². The third-order valence-corrected chi connectivity index (χ3v) is 2.52. The number of allylic oxidation sites excluding steroid dienone is 3. The first-order valence-electron chi connectivity index (χ1n) is 6.40. The molecule has 0 unspecified atom stereocenters. The van der Waals surface area contributed by atoms with E-state index in [1.165, 1.54) is 13.0 Å². The molecule has 0 spiro atoms. The van der Waals surface area contributed by atoms with Crippen LogP contribution in [-0.4, -0.2) is 18.0 Å². The fourth-order valence-corrected chi connectivity index (χ4v) is 1.39. The maximum atomic E-state index is 11.8. The number of carbonyl (C=O) groups excluding carboxylic acids is 2. The Morgan fingerprint density at radius 2 is 1.85 bits per heavy atom. The number of hydrogen-bond acceptors (Lipinski definition) is 3. The highest BCUT2D eigenvalue weighted by atomic mass is 16.5. The molecule has 4 heteroatoms. The molecule has 0 aromatic heterocycles. The number of aryl methyl sites for hydroxylation is 1. The summed E-state index contributed by atoms with van der Waals surface area (Å²) in [6.07, 6.45) is 5.48. The van der Waals surface area contributed by atoms with Crippen LogP contribution in [0, 0.1) is 6.92 Å². The molecular formula is C16H19NO3. The summed E-state index contributed by atoms with van der Waals surface area (Å²) in [6, 6.07) is 7.39. The van der Waals surface area contributed by atoms with Crippen LogP contribution < -0.4 is 5.32 Å². The summed E-state index contributed by atoms with van der Waals surface area (Å²) in [5, 5.41) is 2.69. The summed E-state index contributed by atoms with van der Waals surface area (Å²) in [5.41, 5.74) is 1.78. The van der Waals surface area contributed by atoms with Crippen molar-refractivity contribution in [1.29, 1.82) is 0 Å². The van der Waals surface area contributed by atoms with Crippen molar-refractivity contribution in [2.75, 3.05) is 5.32 Å². The molecule has 1 amide bonds. The van der Waals surface area contributed by atoms with Crippen LogP contribution in [0.15, 0.2) is 48.6 Å². The van der Waals surface area contributed by atoms with Crippen molar-refractivity contribution in [1.82, 2.24) is 0 Å². The average molecular weight is 273 g/mol. The van der Waals surface area contributed by atoms with Crippen molar-refractivity contribution >= 4 is 17.6 Å². The molecule has 0 fully saturated rings. The zero-order chi connectivity index (χ0) is 15.0. The van der Waals surface area contributed by atoms with Gasteiger partial charge >= 0.3 is 5.97 Å². The van der Waals surface area contributed by atoms with Gasteiger partial charge in [0.15, 0.2) is 6.10 Å². The molecule has 1 aromatic rings. The molecule has 106 valence electrons. The SMILES string of the molecule is C/C=C/C=C/C(=O)O[C@@H](C)C(=O)Nc1ccc(C)cc1. The first-order valence-corrected chi connectivity index (χ1v) is 6.40. The molecule has 0 aliphatic rings. The van der Waals surface area contributed by atoms with E-state index in [0.29, 0.717) is 5.69 Å². The van der Waals surface area contributed by atoms with Gasteiger partial charge in [0.25, 0.3) is 5.91 Å². The molecule has 1 rings (SSSR count). The maximum Gasteiger partial charge on any atom is 0.331 e. The molecule has 0 radical (unpaired) electrons. The predicted molar refractivity (Wildman–Crippen MR) is 79.3 cm³/mol. The monoisotopic (exact) mass is 273 g/mol. The van der Waals surface area contributed by atoms with Gasteiger partial charge in [0.05, 0.1) is 0 Å². The highest BCUT2D eigenvalue weighted by Crippen LogP contribution is 2.09. The summed E-state index contributed by atoms with van der Waals surface area (Å²) in [6.45, 7) is 5.34. The molecule has 0 aliphatic carbocycles.